The second-order valence-electron chi connectivity index (χ2n) is 8.27. The number of carbonyl (C=O) groups excluding carboxylic acids is 2. The van der Waals surface area contributed by atoms with Gasteiger partial charge in [0, 0.05) is 6.54 Å². The van der Waals surface area contributed by atoms with Crippen molar-refractivity contribution in [1.82, 2.24) is 5.32 Å². The number of hydrogen-bond acceptors (Lipinski definition) is 4. The third-order valence-corrected chi connectivity index (χ3v) is 6.47. The van der Waals surface area contributed by atoms with Crippen LogP contribution in [0.4, 0.5) is 0 Å². The first-order chi connectivity index (χ1) is 14.3. The molecule has 1 unspecified atom stereocenters. The van der Waals surface area contributed by atoms with Crippen LogP contribution in [0.15, 0.2) is 0 Å². The molecule has 0 aliphatic heterocycles. The van der Waals surface area contributed by atoms with E-state index in [0.29, 0.717) is 6.54 Å². The van der Waals surface area contributed by atoms with Crippen molar-refractivity contribution in [3.63, 3.8) is 0 Å². The maximum absolute atomic E-state index is 11.8. The molecule has 182 valence electrons. The van der Waals surface area contributed by atoms with E-state index < -0.39 is 33.6 Å². The van der Waals surface area contributed by atoms with Gasteiger partial charge in [-0.3, -0.25) is 14.1 Å². The van der Waals surface area contributed by atoms with Gasteiger partial charge in [-0.15, -0.1) is 0 Å². The Balaban J connectivity index is -0.000000701. The summed E-state index contributed by atoms with van der Waals surface area (Å²) in [6.45, 7) is 2.57. The number of nitrogens with one attached hydrogen (secondary N) is 1. The van der Waals surface area contributed by atoms with Crippen molar-refractivity contribution in [2.45, 2.75) is 121 Å². The summed E-state index contributed by atoms with van der Waals surface area (Å²) in [5.74, 6) is -1.83. The fourth-order valence-corrected chi connectivity index (χ4v) is 4.24. The number of unbranched alkanes of at least 4 members (excludes halogenated alkanes) is 15. The summed E-state index contributed by atoms with van der Waals surface area (Å²) >= 11 is 0. The molecular formula is C22H46N2Na2O5S. The van der Waals surface area contributed by atoms with Gasteiger partial charge in [0.1, 0.15) is 0 Å². The van der Waals surface area contributed by atoms with E-state index in [1.807, 2.05) is 0 Å². The second kappa shape index (κ2) is 25.0. The zero-order valence-electron chi connectivity index (χ0n) is 22.9. The number of carbonyl (C=O) groups is 2. The molecule has 0 aliphatic carbocycles. The number of primary amides is 1. The number of rotatable bonds is 21. The Morgan fingerprint density at radius 3 is 1.44 bits per heavy atom. The van der Waals surface area contributed by atoms with Gasteiger partial charge in [-0.1, -0.05) is 103 Å². The molecule has 2 amide bonds. The Morgan fingerprint density at radius 2 is 1.12 bits per heavy atom. The summed E-state index contributed by atoms with van der Waals surface area (Å²) < 4.78 is 31.4. The fraction of sp³-hybridized carbons (Fsp3) is 0.909. The largest absolute Gasteiger partial charge is 1.00 e. The molecule has 1 atom stereocenters. The van der Waals surface area contributed by atoms with Crippen LogP contribution in [0.25, 0.3) is 0 Å². The van der Waals surface area contributed by atoms with Crippen LogP contribution in [0.1, 0.15) is 119 Å². The first kappa shape index (κ1) is 37.4. The molecule has 0 saturated heterocycles. The Kier molecular flexibility index (Phi) is 29.2. The topological polar surface area (TPSA) is 127 Å². The van der Waals surface area contributed by atoms with E-state index in [-0.39, 0.29) is 62.0 Å². The summed E-state index contributed by atoms with van der Waals surface area (Å²) in [5.41, 5.74) is 4.93. The normalized spacial score (nSPS) is 11.8. The van der Waals surface area contributed by atoms with Crippen LogP contribution in [0.3, 0.4) is 0 Å². The summed E-state index contributed by atoms with van der Waals surface area (Å²) in [5, 5.41) is 0.635. The Hall–Kier alpha value is 0.850. The van der Waals surface area contributed by atoms with Crippen molar-refractivity contribution in [1.29, 1.82) is 0 Å². The predicted octanol–water partition coefficient (Wildman–Crippen LogP) is -1.27. The fourth-order valence-electron chi connectivity index (χ4n) is 3.51. The number of nitrogens with two attached hydrogens (primary N) is 1. The van der Waals surface area contributed by atoms with Crippen LogP contribution in [0.5, 0.6) is 0 Å². The number of amides is 2. The molecule has 32 heavy (non-hydrogen) atoms. The molecule has 0 radical (unpaired) electrons. The van der Waals surface area contributed by atoms with E-state index in [0.717, 1.165) is 19.3 Å². The monoisotopic (exact) mass is 496 g/mol. The smallest absolute Gasteiger partial charge is 1.00 e. The first-order valence-corrected chi connectivity index (χ1v) is 13.3. The summed E-state index contributed by atoms with van der Waals surface area (Å²) in [7, 11) is -4.65. The third-order valence-electron chi connectivity index (χ3n) is 5.37. The molecule has 4 N–H and O–H groups in total. The maximum Gasteiger partial charge on any atom is 1.00 e. The minimum atomic E-state index is -4.65. The number of hydrogen-bond donors (Lipinski definition) is 3. The van der Waals surface area contributed by atoms with Crippen molar-refractivity contribution in [2.24, 2.45) is 5.73 Å². The zero-order valence-corrected chi connectivity index (χ0v) is 25.7. The molecule has 7 nitrogen and oxygen atoms in total. The van der Waals surface area contributed by atoms with Gasteiger partial charge in [0.05, 0.1) is 6.42 Å². The predicted molar refractivity (Wildman–Crippen MR) is 124 cm³/mol. The Labute approximate surface area is 243 Å². The molecule has 0 aliphatic rings. The minimum Gasteiger partial charge on any atom is -1.00 e. The van der Waals surface area contributed by atoms with Crippen molar-refractivity contribution in [3.05, 3.63) is 0 Å². The summed E-state index contributed by atoms with van der Waals surface area (Å²) in [6.07, 6.45) is 19.3. The molecule has 0 aromatic rings. The van der Waals surface area contributed by atoms with Crippen LogP contribution in [-0.4, -0.2) is 36.6 Å². The van der Waals surface area contributed by atoms with E-state index in [4.69, 9.17) is 10.3 Å². The van der Waals surface area contributed by atoms with Crippen molar-refractivity contribution >= 4 is 21.9 Å². The van der Waals surface area contributed by atoms with Crippen LogP contribution >= 0.6 is 0 Å². The van der Waals surface area contributed by atoms with E-state index in [9.17, 15) is 18.0 Å². The van der Waals surface area contributed by atoms with E-state index >= 15 is 0 Å². The minimum absolute atomic E-state index is 0. The summed E-state index contributed by atoms with van der Waals surface area (Å²) in [4.78, 5) is 22.7. The third kappa shape index (κ3) is 24.0. The molecule has 0 rings (SSSR count). The molecule has 0 spiro atoms. The molecular weight excluding hydrogens is 450 g/mol. The van der Waals surface area contributed by atoms with Crippen LogP contribution in [0.2, 0.25) is 0 Å². The van der Waals surface area contributed by atoms with Gasteiger partial charge < -0.3 is 13.9 Å². The zero-order chi connectivity index (χ0) is 22.7. The van der Waals surface area contributed by atoms with Crippen LogP contribution in [0, 0.1) is 0 Å². The van der Waals surface area contributed by atoms with Crippen LogP contribution in [-0.2, 0) is 19.7 Å². The molecule has 0 saturated carbocycles. The SMILES string of the molecule is CCCCCCCCCCCCCCCCCCNC(=O)C(CC(N)=O)S(=O)(=O)O.[H-].[H-].[Na+].[Na+]. The quantitative estimate of drug-likeness (QED) is 0.104. The van der Waals surface area contributed by atoms with E-state index in [2.05, 4.69) is 12.2 Å². The summed E-state index contributed by atoms with van der Waals surface area (Å²) in [6, 6.07) is 0. The molecule has 0 aromatic carbocycles. The molecule has 0 heterocycles. The molecule has 0 aromatic heterocycles. The molecule has 0 fully saturated rings. The van der Waals surface area contributed by atoms with Crippen molar-refractivity contribution in [2.75, 3.05) is 6.54 Å². The maximum atomic E-state index is 11.8. The first-order valence-electron chi connectivity index (χ1n) is 11.8. The van der Waals surface area contributed by atoms with Crippen LogP contribution < -0.4 is 70.2 Å². The van der Waals surface area contributed by atoms with Gasteiger partial charge in [-0.25, -0.2) is 0 Å². The Morgan fingerprint density at radius 1 is 0.781 bits per heavy atom. The second-order valence-corrected chi connectivity index (χ2v) is 9.87. The van der Waals surface area contributed by atoms with Gasteiger partial charge in [-0.05, 0) is 6.42 Å². The molecule has 0 bridgehead atoms. The average Bonchev–Trinajstić information content (AvgIpc) is 2.67. The van der Waals surface area contributed by atoms with Crippen molar-refractivity contribution < 1.29 is 84.5 Å². The van der Waals surface area contributed by atoms with E-state index in [1.165, 1.54) is 83.5 Å². The van der Waals surface area contributed by atoms with Gasteiger partial charge in [0.2, 0.25) is 11.8 Å². The van der Waals surface area contributed by atoms with Crippen molar-refractivity contribution in [3.8, 4) is 0 Å². The average molecular weight is 497 g/mol. The van der Waals surface area contributed by atoms with E-state index in [1.54, 1.807) is 0 Å². The van der Waals surface area contributed by atoms with Gasteiger partial charge in [-0.2, -0.15) is 8.42 Å². The molecule has 10 heteroatoms. The standard InChI is InChI=1S/C22H44N2O5S.2Na.2H/c1-2-3-4-5-6-7-8-9-10-11-12-13-14-15-16-17-18-24-22(26)20(19-21(23)25)30(27,28)29;;;;/h20H,2-19H2,1H3,(H2,23,25)(H,24,26)(H,27,28,29);;;;/q;2*+1;2*-1. The Bertz CT molecular complexity index is 573. The van der Waals surface area contributed by atoms with Gasteiger partial charge in [0.25, 0.3) is 10.1 Å². The van der Waals surface area contributed by atoms with Gasteiger partial charge >= 0.3 is 59.1 Å². The van der Waals surface area contributed by atoms with Gasteiger partial charge in [0.15, 0.2) is 5.25 Å².